The van der Waals surface area contributed by atoms with E-state index in [1.807, 2.05) is 26.2 Å². The van der Waals surface area contributed by atoms with Crippen LogP contribution in [0.25, 0.3) is 0 Å². The summed E-state index contributed by atoms with van der Waals surface area (Å²) in [5.74, 6) is 1.08. The molecule has 3 rings (SSSR count). The highest BCUT2D eigenvalue weighted by Crippen LogP contribution is 2.36. The quantitative estimate of drug-likeness (QED) is 0.857. The van der Waals surface area contributed by atoms with Crippen molar-refractivity contribution in [3.8, 4) is 0 Å². The Balaban J connectivity index is 1.76. The first-order chi connectivity index (χ1) is 10.1. The summed E-state index contributed by atoms with van der Waals surface area (Å²) in [6, 6.07) is 8.23. The van der Waals surface area contributed by atoms with Crippen molar-refractivity contribution in [1.82, 2.24) is 15.5 Å². The highest BCUT2D eigenvalue weighted by atomic mass is 16.5. The molecular weight excluding hydrogens is 268 g/mol. The van der Waals surface area contributed by atoms with Crippen LogP contribution >= 0.6 is 0 Å². The summed E-state index contributed by atoms with van der Waals surface area (Å²) < 4.78 is 5.22. The Morgan fingerprint density at radius 2 is 2.19 bits per heavy atom. The number of aliphatic hydroxyl groups is 1. The lowest BCUT2D eigenvalue weighted by Gasteiger charge is -2.29. The molecule has 0 radical (unpaired) electrons. The van der Waals surface area contributed by atoms with Crippen LogP contribution in [0.15, 0.2) is 28.8 Å². The van der Waals surface area contributed by atoms with Gasteiger partial charge < -0.3 is 14.5 Å². The molecule has 1 aliphatic rings. The maximum atomic E-state index is 9.90. The summed E-state index contributed by atoms with van der Waals surface area (Å²) in [5, 5.41) is 17.2. The Labute approximate surface area is 123 Å². The standard InChI is InChI=1S/C15H20N4O2/c1-19(2)14-17-13(21-18-14)9-16-15(10-20)8-7-11-5-3-4-6-12(11)15/h3-6,16,20H,7-10H2,1-2H3. The fraction of sp³-hybridized carbons (Fsp3) is 0.467. The Bertz CT molecular complexity index is 626. The SMILES string of the molecule is CN(C)c1noc(CNC2(CO)CCc3ccccc32)n1. The highest BCUT2D eigenvalue weighted by Gasteiger charge is 2.37. The van der Waals surface area contributed by atoms with Crippen LogP contribution in [0, 0.1) is 0 Å². The molecule has 0 bridgehead atoms. The minimum absolute atomic E-state index is 0.0543. The number of aliphatic hydroxyl groups excluding tert-OH is 1. The number of fused-ring (bicyclic) bond motifs is 1. The number of nitrogens with zero attached hydrogens (tertiary/aromatic N) is 3. The predicted molar refractivity (Wildman–Crippen MR) is 79.0 cm³/mol. The zero-order chi connectivity index (χ0) is 14.9. The molecule has 1 aromatic heterocycles. The first kappa shape index (κ1) is 14.0. The van der Waals surface area contributed by atoms with Crippen molar-refractivity contribution in [2.24, 2.45) is 0 Å². The van der Waals surface area contributed by atoms with Gasteiger partial charge in [-0.15, -0.1) is 0 Å². The van der Waals surface area contributed by atoms with Gasteiger partial charge in [0.15, 0.2) is 0 Å². The molecule has 6 heteroatoms. The van der Waals surface area contributed by atoms with E-state index >= 15 is 0 Å². The van der Waals surface area contributed by atoms with Gasteiger partial charge in [-0.25, -0.2) is 0 Å². The number of rotatable bonds is 5. The molecule has 1 unspecified atom stereocenters. The van der Waals surface area contributed by atoms with Gasteiger partial charge >= 0.3 is 0 Å². The summed E-state index contributed by atoms with van der Waals surface area (Å²) >= 11 is 0. The van der Waals surface area contributed by atoms with Gasteiger partial charge in [0.2, 0.25) is 5.89 Å². The van der Waals surface area contributed by atoms with Crippen molar-refractivity contribution in [2.75, 3.05) is 25.6 Å². The van der Waals surface area contributed by atoms with Crippen molar-refractivity contribution >= 4 is 5.95 Å². The normalized spacial score (nSPS) is 20.5. The van der Waals surface area contributed by atoms with Crippen LogP contribution < -0.4 is 10.2 Å². The zero-order valence-corrected chi connectivity index (χ0v) is 12.3. The Hall–Kier alpha value is -1.92. The molecule has 0 spiro atoms. The van der Waals surface area contributed by atoms with Crippen LogP contribution in [0.3, 0.4) is 0 Å². The van der Waals surface area contributed by atoms with Crippen molar-refractivity contribution < 1.29 is 9.63 Å². The number of nitrogens with one attached hydrogen (secondary N) is 1. The van der Waals surface area contributed by atoms with Crippen LogP contribution in [-0.2, 0) is 18.5 Å². The summed E-state index contributed by atoms with van der Waals surface area (Å²) in [6.07, 6.45) is 1.84. The van der Waals surface area contributed by atoms with E-state index in [1.165, 1.54) is 11.1 Å². The van der Waals surface area contributed by atoms with Crippen molar-refractivity contribution in [3.63, 3.8) is 0 Å². The van der Waals surface area contributed by atoms with Gasteiger partial charge in [-0.05, 0) is 29.1 Å². The van der Waals surface area contributed by atoms with E-state index in [0.29, 0.717) is 18.4 Å². The largest absolute Gasteiger partial charge is 0.394 e. The summed E-state index contributed by atoms with van der Waals surface area (Å²) in [7, 11) is 3.73. The lowest BCUT2D eigenvalue weighted by atomic mass is 9.92. The second-order valence-electron chi connectivity index (χ2n) is 5.63. The molecule has 6 nitrogen and oxygen atoms in total. The van der Waals surface area contributed by atoms with Crippen LogP contribution in [0.1, 0.15) is 23.4 Å². The molecule has 0 fully saturated rings. The van der Waals surface area contributed by atoms with Gasteiger partial charge in [0.05, 0.1) is 18.7 Å². The number of benzene rings is 1. The number of hydrogen-bond acceptors (Lipinski definition) is 6. The van der Waals surface area contributed by atoms with Crippen LogP contribution in [-0.4, -0.2) is 35.9 Å². The molecule has 0 amide bonds. The average molecular weight is 288 g/mol. The molecule has 2 aromatic rings. The number of anilines is 1. The topological polar surface area (TPSA) is 74.4 Å². The third kappa shape index (κ3) is 2.52. The zero-order valence-electron chi connectivity index (χ0n) is 12.3. The molecule has 0 aliphatic heterocycles. The maximum Gasteiger partial charge on any atom is 0.265 e. The fourth-order valence-corrected chi connectivity index (χ4v) is 2.84. The van der Waals surface area contributed by atoms with Gasteiger partial charge in [0.25, 0.3) is 5.95 Å². The third-order valence-electron chi connectivity index (χ3n) is 4.06. The minimum atomic E-state index is -0.413. The van der Waals surface area contributed by atoms with Gasteiger partial charge in [0, 0.05) is 14.1 Å². The predicted octanol–water partition coefficient (Wildman–Crippen LogP) is 1.06. The molecule has 0 saturated carbocycles. The van der Waals surface area contributed by atoms with Gasteiger partial charge in [0.1, 0.15) is 0 Å². The molecule has 1 aliphatic carbocycles. The number of hydrogen-bond donors (Lipinski definition) is 2. The number of aryl methyl sites for hydroxylation is 1. The van der Waals surface area contributed by atoms with E-state index in [1.54, 1.807) is 4.90 Å². The lowest BCUT2D eigenvalue weighted by Crippen LogP contribution is -2.43. The Morgan fingerprint density at radius 3 is 2.90 bits per heavy atom. The van der Waals surface area contributed by atoms with Crippen molar-refractivity contribution in [3.05, 3.63) is 41.3 Å². The Kier molecular flexibility index (Phi) is 3.65. The first-order valence-corrected chi connectivity index (χ1v) is 7.09. The lowest BCUT2D eigenvalue weighted by molar-refractivity contribution is 0.154. The van der Waals surface area contributed by atoms with Gasteiger partial charge in [-0.3, -0.25) is 5.32 Å². The second-order valence-corrected chi connectivity index (χ2v) is 5.63. The highest BCUT2D eigenvalue weighted by molar-refractivity contribution is 5.39. The van der Waals surface area contributed by atoms with E-state index in [2.05, 4.69) is 27.6 Å². The van der Waals surface area contributed by atoms with E-state index in [4.69, 9.17) is 4.52 Å². The second kappa shape index (κ2) is 5.46. The van der Waals surface area contributed by atoms with E-state index in [0.717, 1.165) is 12.8 Å². The van der Waals surface area contributed by atoms with Crippen molar-refractivity contribution in [1.29, 1.82) is 0 Å². The van der Waals surface area contributed by atoms with Crippen LogP contribution in [0.4, 0.5) is 5.95 Å². The maximum absolute atomic E-state index is 9.90. The van der Waals surface area contributed by atoms with Crippen LogP contribution in [0.2, 0.25) is 0 Å². The first-order valence-electron chi connectivity index (χ1n) is 7.09. The minimum Gasteiger partial charge on any atom is -0.394 e. The molecule has 1 atom stereocenters. The van der Waals surface area contributed by atoms with Gasteiger partial charge in [-0.2, -0.15) is 4.98 Å². The molecule has 21 heavy (non-hydrogen) atoms. The van der Waals surface area contributed by atoms with Crippen LogP contribution in [0.5, 0.6) is 0 Å². The smallest absolute Gasteiger partial charge is 0.265 e. The summed E-state index contributed by atoms with van der Waals surface area (Å²) in [5.41, 5.74) is 2.04. The van der Waals surface area contributed by atoms with E-state index < -0.39 is 5.54 Å². The molecular formula is C15H20N4O2. The molecule has 0 saturated heterocycles. The van der Waals surface area contributed by atoms with E-state index in [-0.39, 0.29) is 6.61 Å². The number of aromatic nitrogens is 2. The molecule has 1 heterocycles. The molecule has 2 N–H and O–H groups in total. The van der Waals surface area contributed by atoms with E-state index in [9.17, 15) is 5.11 Å². The third-order valence-corrected chi connectivity index (χ3v) is 4.06. The average Bonchev–Trinajstić information content (AvgIpc) is 3.11. The van der Waals surface area contributed by atoms with Crippen molar-refractivity contribution in [2.45, 2.75) is 24.9 Å². The monoisotopic (exact) mass is 288 g/mol. The molecule has 1 aromatic carbocycles. The fourth-order valence-electron chi connectivity index (χ4n) is 2.84. The summed E-state index contributed by atoms with van der Waals surface area (Å²) in [4.78, 5) is 6.09. The Morgan fingerprint density at radius 1 is 1.38 bits per heavy atom. The van der Waals surface area contributed by atoms with Gasteiger partial charge in [-0.1, -0.05) is 24.3 Å². The molecule has 112 valence electrons. The summed E-state index contributed by atoms with van der Waals surface area (Å²) in [6.45, 7) is 0.494.